The Morgan fingerprint density at radius 2 is 2.21 bits per heavy atom. The fraction of sp³-hybridized carbons (Fsp3) is 0.545. The van der Waals surface area contributed by atoms with Gasteiger partial charge in [0.25, 0.3) is 5.91 Å². The molecule has 1 aliphatic heterocycles. The van der Waals surface area contributed by atoms with Gasteiger partial charge in [-0.05, 0) is 6.92 Å². The van der Waals surface area contributed by atoms with Crippen molar-refractivity contribution in [3.8, 4) is 0 Å². The van der Waals surface area contributed by atoms with E-state index in [-0.39, 0.29) is 0 Å². The van der Waals surface area contributed by atoms with E-state index in [0.717, 1.165) is 5.75 Å². The Hall–Kier alpha value is -1.70. The minimum atomic E-state index is -0.901. The van der Waals surface area contributed by atoms with Gasteiger partial charge in [0.15, 0.2) is 0 Å². The maximum absolute atomic E-state index is 11.6. The number of amides is 1. The number of carboxylic acids is 1. The summed E-state index contributed by atoms with van der Waals surface area (Å²) in [5.74, 6) is 0.311. The number of nitrogens with two attached hydrogens (primary N) is 1. The molecule has 0 aliphatic carbocycles. The number of primary amides is 1. The summed E-state index contributed by atoms with van der Waals surface area (Å²) in [5, 5.41) is 13.5. The first-order valence-corrected chi connectivity index (χ1v) is 6.99. The van der Waals surface area contributed by atoms with Crippen LogP contribution in [0.5, 0.6) is 0 Å². The molecule has 2 rings (SSSR count). The second-order valence-corrected chi connectivity index (χ2v) is 5.54. The standard InChI is InChI=1S/C11H16N4O3S/c1-6-8(9(12)16)10(14(2)13-6)15-3-4-19-5-7(15)11(17)18/h7H,3-5H2,1-2H3,(H2,12,16)(H,17,18). The summed E-state index contributed by atoms with van der Waals surface area (Å²) in [6.45, 7) is 2.25. The number of nitrogens with zero attached hydrogens (tertiary/aromatic N) is 3. The first-order valence-electron chi connectivity index (χ1n) is 5.84. The number of hydrogen-bond acceptors (Lipinski definition) is 5. The Balaban J connectivity index is 2.50. The van der Waals surface area contributed by atoms with E-state index in [2.05, 4.69) is 5.10 Å². The van der Waals surface area contributed by atoms with Crippen LogP contribution in [0.15, 0.2) is 0 Å². The minimum absolute atomic E-state index is 0.306. The SMILES string of the molecule is Cc1nn(C)c(N2CCSCC2C(=O)O)c1C(N)=O. The molecule has 1 aliphatic rings. The Labute approximate surface area is 114 Å². The molecular formula is C11H16N4O3S. The largest absolute Gasteiger partial charge is 0.480 e. The quantitative estimate of drug-likeness (QED) is 0.799. The highest BCUT2D eigenvalue weighted by molar-refractivity contribution is 7.99. The highest BCUT2D eigenvalue weighted by Crippen LogP contribution is 2.28. The summed E-state index contributed by atoms with van der Waals surface area (Å²) in [4.78, 5) is 24.6. The van der Waals surface area contributed by atoms with Gasteiger partial charge >= 0.3 is 5.97 Å². The number of carboxylic acid groups (broad SMARTS) is 1. The molecular weight excluding hydrogens is 268 g/mol. The topological polar surface area (TPSA) is 101 Å². The summed E-state index contributed by atoms with van der Waals surface area (Å²) >= 11 is 1.59. The van der Waals surface area contributed by atoms with Crippen LogP contribution in [-0.2, 0) is 11.8 Å². The van der Waals surface area contributed by atoms with Crippen molar-refractivity contribution in [2.75, 3.05) is 23.0 Å². The van der Waals surface area contributed by atoms with Gasteiger partial charge in [-0.3, -0.25) is 9.48 Å². The third-order valence-electron chi connectivity index (χ3n) is 3.12. The lowest BCUT2D eigenvalue weighted by Crippen LogP contribution is -2.48. The molecule has 8 heteroatoms. The number of aromatic nitrogens is 2. The van der Waals surface area contributed by atoms with Gasteiger partial charge in [-0.15, -0.1) is 0 Å². The predicted octanol–water partition coefficient (Wildman–Crippen LogP) is -0.166. The lowest BCUT2D eigenvalue weighted by Gasteiger charge is -2.34. The molecule has 0 saturated carbocycles. The van der Waals surface area contributed by atoms with Gasteiger partial charge in [0.2, 0.25) is 0 Å². The Morgan fingerprint density at radius 1 is 1.53 bits per heavy atom. The summed E-state index contributed by atoms with van der Waals surface area (Å²) in [5.41, 5.74) is 6.21. The van der Waals surface area contributed by atoms with Crippen LogP contribution in [0.3, 0.4) is 0 Å². The number of hydrogen-bond donors (Lipinski definition) is 2. The molecule has 0 radical (unpaired) electrons. The molecule has 104 valence electrons. The van der Waals surface area contributed by atoms with Crippen LogP contribution in [-0.4, -0.2) is 50.9 Å². The van der Waals surface area contributed by atoms with Crippen LogP contribution in [0.2, 0.25) is 0 Å². The molecule has 1 aromatic heterocycles. The molecule has 3 N–H and O–H groups in total. The van der Waals surface area contributed by atoms with E-state index in [1.165, 1.54) is 4.68 Å². The van der Waals surface area contributed by atoms with Crippen molar-refractivity contribution in [1.29, 1.82) is 0 Å². The summed E-state index contributed by atoms with van der Waals surface area (Å²) in [7, 11) is 1.69. The predicted molar refractivity (Wildman–Crippen MR) is 72.6 cm³/mol. The molecule has 19 heavy (non-hydrogen) atoms. The lowest BCUT2D eigenvalue weighted by atomic mass is 10.2. The second kappa shape index (κ2) is 5.12. The molecule has 1 amide bonds. The molecule has 0 bridgehead atoms. The second-order valence-electron chi connectivity index (χ2n) is 4.39. The van der Waals surface area contributed by atoms with E-state index in [0.29, 0.717) is 29.4 Å². The molecule has 0 aromatic carbocycles. The average Bonchev–Trinajstić information content (AvgIpc) is 2.64. The van der Waals surface area contributed by atoms with Crippen LogP contribution in [0.4, 0.5) is 5.82 Å². The molecule has 1 saturated heterocycles. The zero-order valence-corrected chi connectivity index (χ0v) is 11.6. The smallest absolute Gasteiger partial charge is 0.327 e. The third-order valence-corrected chi connectivity index (χ3v) is 4.15. The normalized spacial score (nSPS) is 19.5. The number of anilines is 1. The maximum Gasteiger partial charge on any atom is 0.327 e. The van der Waals surface area contributed by atoms with E-state index in [1.807, 2.05) is 0 Å². The summed E-state index contributed by atoms with van der Waals surface area (Å²) in [6, 6.07) is -0.661. The van der Waals surface area contributed by atoms with Gasteiger partial charge in [0, 0.05) is 25.1 Å². The van der Waals surface area contributed by atoms with Crippen molar-refractivity contribution in [3.63, 3.8) is 0 Å². The Bertz CT molecular complexity index is 528. The van der Waals surface area contributed by atoms with Crippen molar-refractivity contribution in [1.82, 2.24) is 9.78 Å². The number of aliphatic carboxylic acids is 1. The molecule has 2 heterocycles. The molecule has 1 aromatic rings. The number of carbonyl (C=O) groups is 2. The molecule has 1 unspecified atom stereocenters. The highest BCUT2D eigenvalue weighted by Gasteiger charge is 2.34. The molecule has 7 nitrogen and oxygen atoms in total. The fourth-order valence-electron chi connectivity index (χ4n) is 2.33. The van der Waals surface area contributed by atoms with Crippen LogP contribution in [0.1, 0.15) is 16.1 Å². The van der Waals surface area contributed by atoms with E-state index in [1.54, 1.807) is 30.6 Å². The van der Waals surface area contributed by atoms with E-state index in [9.17, 15) is 14.7 Å². The third kappa shape index (κ3) is 2.40. The van der Waals surface area contributed by atoms with Crippen LogP contribution in [0.25, 0.3) is 0 Å². The van der Waals surface area contributed by atoms with Crippen molar-refractivity contribution in [2.24, 2.45) is 12.8 Å². The van der Waals surface area contributed by atoms with Crippen LogP contribution in [0, 0.1) is 6.92 Å². The zero-order valence-electron chi connectivity index (χ0n) is 10.8. The number of thioether (sulfide) groups is 1. The fourth-order valence-corrected chi connectivity index (χ4v) is 3.36. The first kappa shape index (κ1) is 13.7. The number of carbonyl (C=O) groups excluding carboxylic acids is 1. The van der Waals surface area contributed by atoms with E-state index < -0.39 is 17.9 Å². The average molecular weight is 284 g/mol. The Kier molecular flexibility index (Phi) is 3.70. The van der Waals surface area contributed by atoms with Crippen LogP contribution >= 0.6 is 11.8 Å². The molecule has 0 spiro atoms. The Morgan fingerprint density at radius 3 is 2.79 bits per heavy atom. The maximum atomic E-state index is 11.6. The zero-order chi connectivity index (χ0) is 14.2. The van der Waals surface area contributed by atoms with Crippen molar-refractivity contribution < 1.29 is 14.7 Å². The van der Waals surface area contributed by atoms with Crippen molar-refractivity contribution >= 4 is 29.5 Å². The lowest BCUT2D eigenvalue weighted by molar-refractivity contribution is -0.138. The van der Waals surface area contributed by atoms with Crippen molar-refractivity contribution in [2.45, 2.75) is 13.0 Å². The minimum Gasteiger partial charge on any atom is -0.480 e. The van der Waals surface area contributed by atoms with Gasteiger partial charge in [-0.2, -0.15) is 16.9 Å². The van der Waals surface area contributed by atoms with Crippen molar-refractivity contribution in [3.05, 3.63) is 11.3 Å². The van der Waals surface area contributed by atoms with Gasteiger partial charge in [0.1, 0.15) is 17.4 Å². The number of aryl methyl sites for hydroxylation is 2. The van der Waals surface area contributed by atoms with Gasteiger partial charge in [0.05, 0.1) is 5.69 Å². The number of rotatable bonds is 3. The van der Waals surface area contributed by atoms with E-state index >= 15 is 0 Å². The van der Waals surface area contributed by atoms with Gasteiger partial charge in [-0.1, -0.05) is 0 Å². The summed E-state index contributed by atoms with van der Waals surface area (Å²) < 4.78 is 1.53. The monoisotopic (exact) mass is 284 g/mol. The highest BCUT2D eigenvalue weighted by atomic mass is 32.2. The van der Waals surface area contributed by atoms with Gasteiger partial charge < -0.3 is 15.7 Å². The molecule has 1 atom stereocenters. The van der Waals surface area contributed by atoms with Gasteiger partial charge in [-0.25, -0.2) is 4.79 Å². The van der Waals surface area contributed by atoms with Crippen LogP contribution < -0.4 is 10.6 Å². The first-order chi connectivity index (χ1) is 8.93. The molecule has 1 fully saturated rings. The van der Waals surface area contributed by atoms with E-state index in [4.69, 9.17) is 5.73 Å². The summed E-state index contributed by atoms with van der Waals surface area (Å²) in [6.07, 6.45) is 0.